The molecule has 0 spiro atoms. The van der Waals surface area contributed by atoms with Crippen LogP contribution in [0.1, 0.15) is 32.9 Å². The molecule has 6 nitrogen and oxygen atoms in total. The van der Waals surface area contributed by atoms with Crippen LogP contribution in [0.25, 0.3) is 10.9 Å². The number of alkyl halides is 3. The molecule has 0 saturated carbocycles. The van der Waals surface area contributed by atoms with E-state index in [4.69, 9.17) is 16.3 Å². The Hall–Kier alpha value is -2.26. The van der Waals surface area contributed by atoms with Crippen molar-refractivity contribution >= 4 is 34.3 Å². The highest BCUT2D eigenvalue weighted by atomic mass is 35.5. The number of likely N-dealkylation sites (tertiary alicyclic amines) is 1. The number of rotatable bonds is 2. The van der Waals surface area contributed by atoms with Gasteiger partial charge in [-0.1, -0.05) is 11.6 Å². The smallest absolute Gasteiger partial charge is 0.433 e. The molecule has 3 rings (SSSR count). The van der Waals surface area contributed by atoms with Crippen molar-refractivity contribution in [2.45, 2.75) is 51.1 Å². The zero-order valence-electron chi connectivity index (χ0n) is 16.8. The second-order valence-electron chi connectivity index (χ2n) is 8.33. The summed E-state index contributed by atoms with van der Waals surface area (Å²) < 4.78 is 45.3. The second kappa shape index (κ2) is 8.11. The number of fused-ring (bicyclic) bond motifs is 1. The molecule has 1 saturated heterocycles. The van der Waals surface area contributed by atoms with Crippen LogP contribution in [0.2, 0.25) is 5.02 Å². The number of β-amino-alcohol motifs (C(OH)–C–C–N with tert-alkyl or cyclic N) is 1. The Morgan fingerprint density at radius 3 is 2.60 bits per heavy atom. The Labute approximate surface area is 177 Å². The molecule has 1 aliphatic heterocycles. The molecule has 0 aliphatic carbocycles. The minimum Gasteiger partial charge on any atom is -0.444 e. The Bertz CT molecular complexity index is 947. The summed E-state index contributed by atoms with van der Waals surface area (Å²) in [5, 5.41) is 14.0. The third-order valence-corrected chi connectivity index (χ3v) is 4.74. The average Bonchev–Trinajstić information content (AvgIpc) is 2.59. The molecule has 164 valence electrons. The monoisotopic (exact) mass is 445 g/mol. The number of halogens is 4. The summed E-state index contributed by atoms with van der Waals surface area (Å²) in [4.78, 5) is 17.4. The maximum Gasteiger partial charge on any atom is 0.433 e. The maximum atomic E-state index is 13.3. The molecule has 1 aliphatic rings. The van der Waals surface area contributed by atoms with E-state index in [0.29, 0.717) is 10.4 Å². The number of carbonyl (C=O) groups is 1. The minimum atomic E-state index is -4.63. The predicted molar refractivity (Wildman–Crippen MR) is 108 cm³/mol. The van der Waals surface area contributed by atoms with Crippen LogP contribution < -0.4 is 5.32 Å². The molecule has 2 heterocycles. The fourth-order valence-electron chi connectivity index (χ4n) is 3.34. The number of aromatic nitrogens is 1. The van der Waals surface area contributed by atoms with Gasteiger partial charge in [0.25, 0.3) is 0 Å². The van der Waals surface area contributed by atoms with Crippen molar-refractivity contribution in [3.05, 3.63) is 35.0 Å². The topological polar surface area (TPSA) is 74.7 Å². The van der Waals surface area contributed by atoms with Gasteiger partial charge in [0, 0.05) is 28.7 Å². The first-order valence-electron chi connectivity index (χ1n) is 9.42. The van der Waals surface area contributed by atoms with Gasteiger partial charge in [-0.3, -0.25) is 0 Å². The summed E-state index contributed by atoms with van der Waals surface area (Å²) in [6, 6.07) is 4.83. The van der Waals surface area contributed by atoms with Gasteiger partial charge >= 0.3 is 12.3 Å². The number of pyridine rings is 1. The SMILES string of the molecule is CC(C)(C)OC(=O)N1C[C@H](O)C[C@@H](Nc2cc(C(F)(F)F)nc3ccc(Cl)cc23)C1. The highest BCUT2D eigenvalue weighted by molar-refractivity contribution is 6.31. The molecule has 1 fully saturated rings. The van der Waals surface area contributed by atoms with E-state index in [2.05, 4.69) is 10.3 Å². The molecule has 10 heteroatoms. The Kier molecular flexibility index (Phi) is 6.06. The van der Waals surface area contributed by atoms with E-state index in [-0.39, 0.29) is 30.7 Å². The zero-order chi connectivity index (χ0) is 22.3. The van der Waals surface area contributed by atoms with E-state index in [1.165, 1.54) is 23.1 Å². The third-order valence-electron chi connectivity index (χ3n) is 4.50. The van der Waals surface area contributed by atoms with Crippen LogP contribution in [0.5, 0.6) is 0 Å². The minimum absolute atomic E-state index is 0.0871. The van der Waals surface area contributed by atoms with E-state index in [9.17, 15) is 23.1 Å². The fourth-order valence-corrected chi connectivity index (χ4v) is 3.51. The van der Waals surface area contributed by atoms with Crippen molar-refractivity contribution in [3.8, 4) is 0 Å². The lowest BCUT2D eigenvalue weighted by molar-refractivity contribution is -0.140. The number of piperidine rings is 1. The first kappa shape index (κ1) is 22.4. The van der Waals surface area contributed by atoms with Crippen LogP contribution in [0.3, 0.4) is 0 Å². The van der Waals surface area contributed by atoms with E-state index in [1.807, 2.05) is 0 Å². The molecule has 1 aromatic carbocycles. The lowest BCUT2D eigenvalue weighted by atomic mass is 10.0. The van der Waals surface area contributed by atoms with Crippen LogP contribution in [0, 0.1) is 0 Å². The molecule has 0 unspecified atom stereocenters. The largest absolute Gasteiger partial charge is 0.444 e. The van der Waals surface area contributed by atoms with Gasteiger partial charge in [-0.15, -0.1) is 0 Å². The van der Waals surface area contributed by atoms with Crippen molar-refractivity contribution in [1.29, 1.82) is 0 Å². The molecule has 2 N–H and O–H groups in total. The number of nitrogens with one attached hydrogen (secondary N) is 1. The Morgan fingerprint density at radius 1 is 1.27 bits per heavy atom. The van der Waals surface area contributed by atoms with Gasteiger partial charge in [0.2, 0.25) is 0 Å². The number of amides is 1. The lowest BCUT2D eigenvalue weighted by Gasteiger charge is -2.37. The van der Waals surface area contributed by atoms with Gasteiger partial charge in [-0.2, -0.15) is 13.2 Å². The van der Waals surface area contributed by atoms with Crippen molar-refractivity contribution in [2.75, 3.05) is 18.4 Å². The van der Waals surface area contributed by atoms with E-state index in [1.54, 1.807) is 20.8 Å². The summed E-state index contributed by atoms with van der Waals surface area (Å²) in [5.41, 5.74) is -1.43. The van der Waals surface area contributed by atoms with Gasteiger partial charge in [-0.25, -0.2) is 9.78 Å². The highest BCUT2D eigenvalue weighted by Gasteiger charge is 2.35. The number of aliphatic hydroxyl groups is 1. The third kappa shape index (κ3) is 5.46. The number of aliphatic hydroxyl groups excluding tert-OH is 1. The predicted octanol–water partition coefficient (Wildman–Crippen LogP) is 4.69. The summed E-state index contributed by atoms with van der Waals surface area (Å²) in [6.07, 6.45) is -5.81. The lowest BCUT2D eigenvalue weighted by Crippen LogP contribution is -2.52. The summed E-state index contributed by atoms with van der Waals surface area (Å²) >= 11 is 6.03. The quantitative estimate of drug-likeness (QED) is 0.701. The average molecular weight is 446 g/mol. The molecule has 30 heavy (non-hydrogen) atoms. The van der Waals surface area contributed by atoms with Gasteiger partial charge in [-0.05, 0) is 51.5 Å². The number of carbonyl (C=O) groups excluding carboxylic acids is 1. The Morgan fingerprint density at radius 2 is 1.97 bits per heavy atom. The molecule has 1 aromatic heterocycles. The number of nitrogens with zero attached hydrogens (tertiary/aromatic N) is 2. The zero-order valence-corrected chi connectivity index (χ0v) is 17.5. The standard InChI is InChI=1S/C20H23ClF3N3O3/c1-19(2,3)30-18(29)27-9-12(7-13(28)10-27)25-16-8-17(20(22,23)24)26-15-5-4-11(21)6-14(15)16/h4-6,8,12-13,28H,7,9-10H2,1-3H3,(H,25,26)/t12-,13-/m1/s1. The molecule has 2 aromatic rings. The van der Waals surface area contributed by atoms with Crippen molar-refractivity contribution in [2.24, 2.45) is 0 Å². The molecule has 0 bridgehead atoms. The summed E-state index contributed by atoms with van der Waals surface area (Å²) in [6.45, 7) is 5.44. The first-order valence-corrected chi connectivity index (χ1v) is 9.79. The van der Waals surface area contributed by atoms with Crippen LogP contribution in [0.4, 0.5) is 23.7 Å². The number of hydrogen-bond acceptors (Lipinski definition) is 5. The number of benzene rings is 1. The highest BCUT2D eigenvalue weighted by Crippen LogP contribution is 2.34. The van der Waals surface area contributed by atoms with E-state index < -0.39 is 35.7 Å². The molecular weight excluding hydrogens is 423 g/mol. The molecular formula is C20H23ClF3N3O3. The number of ether oxygens (including phenoxy) is 1. The van der Waals surface area contributed by atoms with Crippen LogP contribution >= 0.6 is 11.6 Å². The fraction of sp³-hybridized carbons (Fsp3) is 0.500. The number of anilines is 1. The maximum absolute atomic E-state index is 13.3. The molecule has 1 amide bonds. The summed E-state index contributed by atoms with van der Waals surface area (Å²) in [7, 11) is 0. The van der Waals surface area contributed by atoms with Crippen molar-refractivity contribution in [3.63, 3.8) is 0 Å². The second-order valence-corrected chi connectivity index (χ2v) is 8.77. The molecule has 2 atom stereocenters. The van der Waals surface area contributed by atoms with Gasteiger partial charge in [0.15, 0.2) is 0 Å². The Balaban J connectivity index is 1.90. The van der Waals surface area contributed by atoms with Gasteiger partial charge in [0.05, 0.1) is 18.2 Å². The molecule has 0 radical (unpaired) electrons. The number of hydrogen-bond donors (Lipinski definition) is 2. The van der Waals surface area contributed by atoms with Crippen LogP contribution in [-0.4, -0.2) is 51.9 Å². The van der Waals surface area contributed by atoms with Crippen molar-refractivity contribution < 1.29 is 27.8 Å². The van der Waals surface area contributed by atoms with E-state index >= 15 is 0 Å². The van der Waals surface area contributed by atoms with Crippen LogP contribution in [0.15, 0.2) is 24.3 Å². The van der Waals surface area contributed by atoms with Gasteiger partial charge in [0.1, 0.15) is 11.3 Å². The first-order chi connectivity index (χ1) is 13.8. The van der Waals surface area contributed by atoms with Crippen molar-refractivity contribution in [1.82, 2.24) is 9.88 Å². The van der Waals surface area contributed by atoms with Gasteiger partial charge < -0.3 is 20.1 Å². The normalized spacial score (nSPS) is 20.3. The van der Waals surface area contributed by atoms with E-state index in [0.717, 1.165) is 6.07 Å². The van der Waals surface area contributed by atoms with Crippen LogP contribution in [-0.2, 0) is 10.9 Å². The summed E-state index contributed by atoms with van der Waals surface area (Å²) in [5.74, 6) is 0.